The number of hydrogen-bond acceptors (Lipinski definition) is 2. The van der Waals surface area contributed by atoms with Crippen LogP contribution in [0.3, 0.4) is 0 Å². The molecule has 2 nitrogen and oxygen atoms in total. The van der Waals surface area contributed by atoms with E-state index < -0.39 is 6.10 Å². The maximum Gasteiger partial charge on any atom is 0.127 e. The molecule has 0 amide bonds. The van der Waals surface area contributed by atoms with E-state index in [0.29, 0.717) is 17.7 Å². The van der Waals surface area contributed by atoms with Gasteiger partial charge in [-0.25, -0.2) is 8.78 Å². The van der Waals surface area contributed by atoms with Crippen molar-refractivity contribution in [1.29, 1.82) is 0 Å². The van der Waals surface area contributed by atoms with Crippen molar-refractivity contribution in [2.75, 3.05) is 0 Å². The van der Waals surface area contributed by atoms with Gasteiger partial charge in [-0.1, -0.05) is 22.0 Å². The summed E-state index contributed by atoms with van der Waals surface area (Å²) in [5, 5.41) is 0. The summed E-state index contributed by atoms with van der Waals surface area (Å²) in [5.74, 6) is -0.301. The van der Waals surface area contributed by atoms with Crippen molar-refractivity contribution >= 4 is 15.9 Å². The number of ether oxygens (including phenoxy) is 1. The van der Waals surface area contributed by atoms with E-state index in [9.17, 15) is 8.78 Å². The molecule has 0 fully saturated rings. The predicted octanol–water partition coefficient (Wildman–Crippen LogP) is 4.25. The first kappa shape index (κ1) is 13.5. The first-order valence-electron chi connectivity index (χ1n) is 6.21. The number of fused-ring (bicyclic) bond motifs is 1. The summed E-state index contributed by atoms with van der Waals surface area (Å²) in [6.45, 7) is 0. The molecule has 0 saturated carbocycles. The summed E-state index contributed by atoms with van der Waals surface area (Å²) in [7, 11) is 0. The summed E-state index contributed by atoms with van der Waals surface area (Å²) >= 11 is 3.38. The Balaban J connectivity index is 2.00. The zero-order valence-corrected chi connectivity index (χ0v) is 12.0. The zero-order valence-electron chi connectivity index (χ0n) is 10.4. The SMILES string of the molecule is N[C@H]1CC(c2cc(F)ccc2Br)Oc2cc(F)ccc21. The minimum atomic E-state index is -0.399. The lowest BCUT2D eigenvalue weighted by atomic mass is 9.93. The molecule has 0 spiro atoms. The summed E-state index contributed by atoms with van der Waals surface area (Å²) in [5.41, 5.74) is 7.55. The monoisotopic (exact) mass is 339 g/mol. The quantitative estimate of drug-likeness (QED) is 0.842. The standard InChI is InChI=1S/C15H12BrF2NO/c16-12-4-2-8(17)5-11(12)15-7-13(19)10-3-1-9(18)6-14(10)20-15/h1-6,13,15H,7,19H2/t13-,15?/m0/s1. The highest BCUT2D eigenvalue weighted by molar-refractivity contribution is 9.10. The second kappa shape index (κ2) is 5.14. The number of rotatable bonds is 1. The Morgan fingerprint density at radius 1 is 1.05 bits per heavy atom. The van der Waals surface area contributed by atoms with Gasteiger partial charge in [-0.2, -0.15) is 0 Å². The van der Waals surface area contributed by atoms with Crippen LogP contribution in [0, 0.1) is 11.6 Å². The van der Waals surface area contributed by atoms with Crippen LogP contribution in [-0.4, -0.2) is 0 Å². The molecule has 1 unspecified atom stereocenters. The van der Waals surface area contributed by atoms with Crippen LogP contribution in [0.15, 0.2) is 40.9 Å². The van der Waals surface area contributed by atoms with E-state index in [1.807, 2.05) is 0 Å². The molecule has 104 valence electrons. The van der Waals surface area contributed by atoms with Crippen molar-refractivity contribution in [1.82, 2.24) is 0 Å². The smallest absolute Gasteiger partial charge is 0.127 e. The van der Waals surface area contributed by atoms with E-state index in [1.54, 1.807) is 12.1 Å². The molecule has 0 radical (unpaired) electrons. The lowest BCUT2D eigenvalue weighted by Crippen LogP contribution is -2.24. The Morgan fingerprint density at radius 2 is 1.75 bits per heavy atom. The van der Waals surface area contributed by atoms with Gasteiger partial charge in [0.2, 0.25) is 0 Å². The summed E-state index contributed by atoms with van der Waals surface area (Å²) in [6.07, 6.45) is 0.116. The highest BCUT2D eigenvalue weighted by Crippen LogP contribution is 2.41. The number of halogens is 3. The molecule has 0 bridgehead atoms. The third kappa shape index (κ3) is 2.43. The fraction of sp³-hybridized carbons (Fsp3) is 0.200. The largest absolute Gasteiger partial charge is 0.485 e. The molecule has 5 heteroatoms. The maximum atomic E-state index is 13.4. The van der Waals surface area contributed by atoms with E-state index in [4.69, 9.17) is 10.5 Å². The van der Waals surface area contributed by atoms with E-state index in [2.05, 4.69) is 15.9 Å². The molecule has 0 aliphatic carbocycles. The van der Waals surface area contributed by atoms with Crippen LogP contribution in [0.1, 0.15) is 29.7 Å². The zero-order chi connectivity index (χ0) is 14.3. The van der Waals surface area contributed by atoms with Crippen molar-refractivity contribution < 1.29 is 13.5 Å². The average molecular weight is 340 g/mol. The predicted molar refractivity (Wildman–Crippen MR) is 75.4 cm³/mol. The Kier molecular flexibility index (Phi) is 3.48. The van der Waals surface area contributed by atoms with Crippen LogP contribution in [0.2, 0.25) is 0 Å². The minimum absolute atomic E-state index is 0.264. The van der Waals surface area contributed by atoms with Crippen LogP contribution in [0.5, 0.6) is 5.75 Å². The van der Waals surface area contributed by atoms with Crippen molar-refractivity contribution in [2.24, 2.45) is 5.73 Å². The minimum Gasteiger partial charge on any atom is -0.485 e. The van der Waals surface area contributed by atoms with Crippen LogP contribution in [0.25, 0.3) is 0 Å². The lowest BCUT2D eigenvalue weighted by molar-refractivity contribution is 0.159. The van der Waals surface area contributed by atoms with Crippen molar-refractivity contribution in [3.8, 4) is 5.75 Å². The van der Waals surface area contributed by atoms with Gasteiger partial charge in [0.1, 0.15) is 23.5 Å². The van der Waals surface area contributed by atoms with Gasteiger partial charge in [-0.3, -0.25) is 0 Å². The van der Waals surface area contributed by atoms with Crippen LogP contribution < -0.4 is 10.5 Å². The first-order valence-corrected chi connectivity index (χ1v) is 7.00. The van der Waals surface area contributed by atoms with Gasteiger partial charge in [-0.05, 0) is 24.3 Å². The fourth-order valence-electron chi connectivity index (χ4n) is 2.43. The van der Waals surface area contributed by atoms with Gasteiger partial charge in [0, 0.05) is 34.1 Å². The molecule has 0 saturated heterocycles. The molecule has 2 atom stereocenters. The van der Waals surface area contributed by atoms with Gasteiger partial charge >= 0.3 is 0 Å². The topological polar surface area (TPSA) is 35.2 Å². The van der Waals surface area contributed by atoms with Gasteiger partial charge in [0.15, 0.2) is 0 Å². The summed E-state index contributed by atoms with van der Waals surface area (Å²) < 4.78 is 33.2. The fourth-order valence-corrected chi connectivity index (χ4v) is 2.93. The number of nitrogens with two attached hydrogens (primary N) is 1. The molecule has 2 aromatic rings. The second-order valence-corrected chi connectivity index (χ2v) is 5.65. The number of benzene rings is 2. The van der Waals surface area contributed by atoms with E-state index in [-0.39, 0.29) is 17.7 Å². The molecule has 1 aliphatic heterocycles. The van der Waals surface area contributed by atoms with Gasteiger partial charge < -0.3 is 10.5 Å². The first-order chi connectivity index (χ1) is 9.54. The summed E-state index contributed by atoms with van der Waals surface area (Å²) in [4.78, 5) is 0. The van der Waals surface area contributed by atoms with Gasteiger partial charge in [0.25, 0.3) is 0 Å². The van der Waals surface area contributed by atoms with E-state index >= 15 is 0 Å². The molecular weight excluding hydrogens is 328 g/mol. The van der Waals surface area contributed by atoms with Crippen molar-refractivity contribution in [2.45, 2.75) is 18.6 Å². The van der Waals surface area contributed by atoms with Gasteiger partial charge in [-0.15, -0.1) is 0 Å². The highest BCUT2D eigenvalue weighted by atomic mass is 79.9. The second-order valence-electron chi connectivity index (χ2n) is 4.80. The maximum absolute atomic E-state index is 13.4. The molecule has 1 heterocycles. The Morgan fingerprint density at radius 3 is 2.55 bits per heavy atom. The van der Waals surface area contributed by atoms with E-state index in [1.165, 1.54) is 24.3 Å². The van der Waals surface area contributed by atoms with Crippen LogP contribution in [0.4, 0.5) is 8.78 Å². The third-order valence-electron chi connectivity index (χ3n) is 3.42. The molecule has 2 N–H and O–H groups in total. The third-order valence-corrected chi connectivity index (χ3v) is 4.14. The van der Waals surface area contributed by atoms with Gasteiger partial charge in [0.05, 0.1) is 0 Å². The lowest BCUT2D eigenvalue weighted by Gasteiger charge is -2.31. The average Bonchev–Trinajstić information content (AvgIpc) is 2.41. The van der Waals surface area contributed by atoms with Crippen molar-refractivity contribution in [3.05, 3.63) is 63.6 Å². The normalized spacial score (nSPS) is 21.2. The molecule has 0 aromatic heterocycles. The van der Waals surface area contributed by atoms with Crippen LogP contribution in [-0.2, 0) is 0 Å². The Bertz CT molecular complexity index is 662. The van der Waals surface area contributed by atoms with E-state index in [0.717, 1.165) is 10.0 Å². The Hall–Kier alpha value is -1.46. The highest BCUT2D eigenvalue weighted by Gasteiger charge is 2.28. The Labute approximate surface area is 123 Å². The van der Waals surface area contributed by atoms with Crippen LogP contribution >= 0.6 is 15.9 Å². The molecule has 20 heavy (non-hydrogen) atoms. The number of hydrogen-bond donors (Lipinski definition) is 1. The molecular formula is C15H12BrF2NO. The van der Waals surface area contributed by atoms with Crippen molar-refractivity contribution in [3.63, 3.8) is 0 Å². The summed E-state index contributed by atoms with van der Waals surface area (Å²) in [6, 6.07) is 8.44. The molecule has 3 rings (SSSR count). The molecule has 2 aromatic carbocycles. The molecule has 1 aliphatic rings.